The van der Waals surface area contributed by atoms with Crippen molar-refractivity contribution in [1.29, 1.82) is 0 Å². The molecule has 0 unspecified atom stereocenters. The van der Waals surface area contributed by atoms with Crippen LogP contribution in [0.3, 0.4) is 0 Å². The van der Waals surface area contributed by atoms with Gasteiger partial charge in [0.05, 0.1) is 11.6 Å². The van der Waals surface area contributed by atoms with Crippen LogP contribution in [0, 0.1) is 0 Å². The van der Waals surface area contributed by atoms with Gasteiger partial charge in [0.1, 0.15) is 11.5 Å². The molecule has 0 fully saturated rings. The van der Waals surface area contributed by atoms with Crippen LogP contribution in [0.1, 0.15) is 15.9 Å². The van der Waals surface area contributed by atoms with Gasteiger partial charge >= 0.3 is 0 Å². The summed E-state index contributed by atoms with van der Waals surface area (Å²) in [6.45, 7) is 0. The summed E-state index contributed by atoms with van der Waals surface area (Å²) in [6.07, 6.45) is 0.355. The maximum absolute atomic E-state index is 11.6. The van der Waals surface area contributed by atoms with E-state index in [1.807, 2.05) is 0 Å². The van der Waals surface area contributed by atoms with Crippen molar-refractivity contribution in [2.75, 3.05) is 7.11 Å². The first kappa shape index (κ1) is 10.2. The van der Waals surface area contributed by atoms with E-state index in [-0.39, 0.29) is 11.5 Å². The summed E-state index contributed by atoms with van der Waals surface area (Å²) in [7, 11) is 1.56. The number of carbonyl (C=O) groups is 1. The fraction of sp³-hybridized carbons (Fsp3) is 0.200. The number of hydrogen-bond donors (Lipinski definition) is 1. The van der Waals surface area contributed by atoms with E-state index in [1.54, 1.807) is 19.2 Å². The van der Waals surface area contributed by atoms with E-state index in [2.05, 4.69) is 21.1 Å². The summed E-state index contributed by atoms with van der Waals surface area (Å²) in [4.78, 5) is 11.6. The standard InChI is InChI=1S/C10H8BrNO3/c1-15-9-3-5-2-8(12-14)10(13)6(5)4-7(9)11/h3-4,14H,2H2,1H3/b12-8-. The summed E-state index contributed by atoms with van der Waals surface area (Å²) in [6, 6.07) is 3.46. The molecule has 0 atom stereocenters. The number of carbonyl (C=O) groups excluding carboxylic acids is 1. The summed E-state index contributed by atoms with van der Waals surface area (Å²) in [5, 5.41) is 11.6. The molecule has 0 heterocycles. The van der Waals surface area contributed by atoms with Crippen molar-refractivity contribution in [2.24, 2.45) is 5.16 Å². The SMILES string of the molecule is COc1cc2c(cc1Br)C(=O)/C(=N\O)C2. The number of hydrogen-bond acceptors (Lipinski definition) is 4. The van der Waals surface area contributed by atoms with Gasteiger partial charge in [-0.15, -0.1) is 0 Å². The van der Waals surface area contributed by atoms with Crippen LogP contribution in [0.15, 0.2) is 21.8 Å². The van der Waals surface area contributed by atoms with Crippen molar-refractivity contribution in [1.82, 2.24) is 0 Å². The molecule has 0 amide bonds. The van der Waals surface area contributed by atoms with Gasteiger partial charge in [-0.05, 0) is 33.6 Å². The summed E-state index contributed by atoms with van der Waals surface area (Å²) >= 11 is 3.30. The lowest BCUT2D eigenvalue weighted by atomic mass is 10.1. The topological polar surface area (TPSA) is 58.9 Å². The second-order valence-corrected chi connectivity index (χ2v) is 4.05. The summed E-state index contributed by atoms with van der Waals surface area (Å²) in [5.74, 6) is 0.441. The molecule has 4 nitrogen and oxygen atoms in total. The van der Waals surface area contributed by atoms with Gasteiger partial charge in [0, 0.05) is 12.0 Å². The number of benzene rings is 1. The van der Waals surface area contributed by atoms with E-state index in [4.69, 9.17) is 9.94 Å². The fourth-order valence-electron chi connectivity index (χ4n) is 1.61. The number of Topliss-reactive ketones (excluding diaryl/α,β-unsaturated/α-hetero) is 1. The van der Waals surface area contributed by atoms with Crippen molar-refractivity contribution in [3.63, 3.8) is 0 Å². The van der Waals surface area contributed by atoms with Gasteiger partial charge in [0.2, 0.25) is 5.78 Å². The Balaban J connectivity index is 2.56. The molecule has 5 heteroatoms. The monoisotopic (exact) mass is 269 g/mol. The number of fused-ring (bicyclic) bond motifs is 1. The molecule has 0 aromatic heterocycles. The number of nitrogens with zero attached hydrogens (tertiary/aromatic N) is 1. The molecular weight excluding hydrogens is 262 g/mol. The van der Waals surface area contributed by atoms with Crippen LogP contribution in [0.5, 0.6) is 5.75 Å². The molecule has 2 rings (SSSR count). The Morgan fingerprint density at radius 1 is 1.53 bits per heavy atom. The van der Waals surface area contributed by atoms with E-state index < -0.39 is 0 Å². The molecule has 0 bridgehead atoms. The van der Waals surface area contributed by atoms with E-state index in [0.717, 1.165) is 10.0 Å². The predicted molar refractivity (Wildman–Crippen MR) is 58.0 cm³/mol. The maximum Gasteiger partial charge on any atom is 0.211 e. The minimum absolute atomic E-state index is 0.171. The first-order valence-electron chi connectivity index (χ1n) is 4.29. The van der Waals surface area contributed by atoms with E-state index in [0.29, 0.717) is 17.7 Å². The quantitative estimate of drug-likeness (QED) is 0.627. The highest BCUT2D eigenvalue weighted by Crippen LogP contribution is 2.32. The average molecular weight is 270 g/mol. The predicted octanol–water partition coefficient (Wildman–Crippen LogP) is 2.03. The number of oxime groups is 1. The van der Waals surface area contributed by atoms with Crippen molar-refractivity contribution in [3.8, 4) is 5.75 Å². The van der Waals surface area contributed by atoms with E-state index in [9.17, 15) is 4.79 Å². The van der Waals surface area contributed by atoms with E-state index in [1.165, 1.54) is 0 Å². The number of rotatable bonds is 1. The molecule has 1 aromatic carbocycles. The molecule has 0 spiro atoms. The van der Waals surface area contributed by atoms with Crippen LogP contribution >= 0.6 is 15.9 Å². The highest BCUT2D eigenvalue weighted by Gasteiger charge is 2.28. The fourth-order valence-corrected chi connectivity index (χ4v) is 2.11. The highest BCUT2D eigenvalue weighted by molar-refractivity contribution is 9.10. The molecule has 0 aliphatic heterocycles. The second kappa shape index (κ2) is 3.66. The van der Waals surface area contributed by atoms with Gasteiger partial charge in [-0.25, -0.2) is 0 Å². The number of halogens is 1. The lowest BCUT2D eigenvalue weighted by Crippen LogP contribution is -2.06. The molecular formula is C10H8BrNO3. The third-order valence-corrected chi connectivity index (χ3v) is 2.98. The van der Waals surface area contributed by atoms with Crippen LogP contribution in [-0.4, -0.2) is 23.8 Å². The van der Waals surface area contributed by atoms with Crippen LogP contribution in [0.2, 0.25) is 0 Å². The first-order chi connectivity index (χ1) is 7.17. The van der Waals surface area contributed by atoms with Crippen molar-refractivity contribution >= 4 is 27.4 Å². The molecule has 0 saturated heterocycles. The van der Waals surface area contributed by atoms with Gasteiger partial charge in [-0.1, -0.05) is 5.16 Å². The van der Waals surface area contributed by atoms with Gasteiger partial charge in [-0.3, -0.25) is 4.79 Å². The molecule has 1 aromatic rings. The molecule has 0 radical (unpaired) electrons. The number of ketones is 1. The maximum atomic E-state index is 11.6. The Bertz CT molecular complexity index is 468. The lowest BCUT2D eigenvalue weighted by Gasteiger charge is -2.05. The Hall–Kier alpha value is -1.36. The van der Waals surface area contributed by atoms with Gasteiger partial charge < -0.3 is 9.94 Å². The molecule has 0 saturated carbocycles. The highest BCUT2D eigenvalue weighted by atomic mass is 79.9. The molecule has 78 valence electrons. The van der Waals surface area contributed by atoms with Crippen LogP contribution < -0.4 is 4.74 Å². The Kier molecular flexibility index (Phi) is 2.48. The summed E-state index contributed by atoms with van der Waals surface area (Å²) < 4.78 is 5.83. The first-order valence-corrected chi connectivity index (χ1v) is 5.08. The minimum atomic E-state index is -0.226. The molecule has 1 N–H and O–H groups in total. The van der Waals surface area contributed by atoms with Gasteiger partial charge in [0.15, 0.2) is 0 Å². The minimum Gasteiger partial charge on any atom is -0.496 e. The largest absolute Gasteiger partial charge is 0.496 e. The van der Waals surface area contributed by atoms with Crippen molar-refractivity contribution < 1.29 is 14.7 Å². The van der Waals surface area contributed by atoms with Crippen LogP contribution in [-0.2, 0) is 6.42 Å². The van der Waals surface area contributed by atoms with Gasteiger partial charge in [-0.2, -0.15) is 0 Å². The third-order valence-electron chi connectivity index (χ3n) is 2.36. The Morgan fingerprint density at radius 3 is 2.87 bits per heavy atom. The van der Waals surface area contributed by atoms with Crippen molar-refractivity contribution in [3.05, 3.63) is 27.7 Å². The smallest absolute Gasteiger partial charge is 0.211 e. The third kappa shape index (κ3) is 1.52. The summed E-state index contributed by atoms with van der Waals surface area (Å²) in [5.41, 5.74) is 1.56. The Morgan fingerprint density at radius 2 is 2.27 bits per heavy atom. The van der Waals surface area contributed by atoms with Crippen molar-refractivity contribution in [2.45, 2.75) is 6.42 Å². The zero-order valence-electron chi connectivity index (χ0n) is 7.95. The molecule has 1 aliphatic carbocycles. The second-order valence-electron chi connectivity index (χ2n) is 3.20. The number of ether oxygens (including phenoxy) is 1. The molecule has 15 heavy (non-hydrogen) atoms. The molecule has 1 aliphatic rings. The van der Waals surface area contributed by atoms with Gasteiger partial charge in [0.25, 0.3) is 0 Å². The zero-order chi connectivity index (χ0) is 11.0. The Labute approximate surface area is 94.7 Å². The lowest BCUT2D eigenvalue weighted by molar-refractivity contribution is 0.106. The van der Waals surface area contributed by atoms with E-state index >= 15 is 0 Å². The van der Waals surface area contributed by atoms with Crippen LogP contribution in [0.25, 0.3) is 0 Å². The average Bonchev–Trinajstić information content (AvgIpc) is 2.54. The number of methoxy groups -OCH3 is 1. The zero-order valence-corrected chi connectivity index (χ0v) is 9.54. The van der Waals surface area contributed by atoms with Crippen LogP contribution in [0.4, 0.5) is 0 Å². The normalized spacial score (nSPS) is 16.9.